The van der Waals surface area contributed by atoms with Crippen LogP contribution in [0, 0.1) is 5.82 Å². The lowest BCUT2D eigenvalue weighted by atomic mass is 10.1. The number of phenolic OH excluding ortho intramolecular Hbond substituents is 1. The summed E-state index contributed by atoms with van der Waals surface area (Å²) in [6.07, 6.45) is 6.96. The summed E-state index contributed by atoms with van der Waals surface area (Å²) < 4.78 is 13.8. The Hall–Kier alpha value is -2.40. The van der Waals surface area contributed by atoms with Gasteiger partial charge in [0.25, 0.3) is 0 Å². The van der Waals surface area contributed by atoms with Gasteiger partial charge in [-0.15, -0.1) is 0 Å². The molecule has 0 aliphatic carbocycles. The van der Waals surface area contributed by atoms with E-state index in [4.69, 9.17) is 23.2 Å². The second-order valence-corrected chi connectivity index (χ2v) is 7.82. The number of hydrogen-bond acceptors (Lipinski definition) is 3. The highest BCUT2D eigenvalue weighted by atomic mass is 35.5. The van der Waals surface area contributed by atoms with Crippen LogP contribution in [0.4, 0.5) is 4.39 Å². The summed E-state index contributed by atoms with van der Waals surface area (Å²) in [6, 6.07) is 12.1. The van der Waals surface area contributed by atoms with E-state index in [0.29, 0.717) is 28.2 Å². The third kappa shape index (κ3) is 4.45. The van der Waals surface area contributed by atoms with Gasteiger partial charge < -0.3 is 5.11 Å². The summed E-state index contributed by atoms with van der Waals surface area (Å²) in [6.45, 7) is 2.24. The largest absolute Gasteiger partial charge is 0.504 e. The van der Waals surface area contributed by atoms with E-state index in [1.165, 1.54) is 17.7 Å². The Balaban J connectivity index is 1.46. The third-order valence-electron chi connectivity index (χ3n) is 5.03. The summed E-state index contributed by atoms with van der Waals surface area (Å²) >= 11 is 12.2. The molecule has 1 aliphatic rings. The van der Waals surface area contributed by atoms with Crippen molar-refractivity contribution in [1.29, 1.82) is 0 Å². The molecule has 3 nitrogen and oxygen atoms in total. The number of nitrogens with zero attached hydrogens (tertiary/aromatic N) is 2. The van der Waals surface area contributed by atoms with E-state index in [1.807, 2.05) is 36.4 Å². The summed E-state index contributed by atoms with van der Waals surface area (Å²) in [5.74, 6) is -0.227. The molecule has 0 amide bonds. The van der Waals surface area contributed by atoms with Crippen LogP contribution in [0.25, 0.3) is 17.0 Å². The lowest BCUT2D eigenvalue weighted by molar-refractivity contribution is 0.283. The fraction of sp³-hybridized carbons (Fsp3) is 0.174. The number of pyridine rings is 1. The lowest BCUT2D eigenvalue weighted by Gasteiger charge is -2.25. The van der Waals surface area contributed by atoms with E-state index < -0.39 is 0 Å². The van der Waals surface area contributed by atoms with Gasteiger partial charge in [0.05, 0.1) is 15.7 Å². The number of benzene rings is 2. The molecule has 3 aromatic rings. The van der Waals surface area contributed by atoms with E-state index in [1.54, 1.807) is 6.07 Å². The van der Waals surface area contributed by atoms with Crippen molar-refractivity contribution in [2.75, 3.05) is 13.1 Å². The molecule has 0 bridgehead atoms. The number of allylic oxidation sites excluding steroid dienone is 1. The van der Waals surface area contributed by atoms with Crippen LogP contribution in [0.5, 0.6) is 5.75 Å². The van der Waals surface area contributed by atoms with Gasteiger partial charge >= 0.3 is 0 Å². The van der Waals surface area contributed by atoms with Gasteiger partial charge in [0.2, 0.25) is 0 Å². The summed E-state index contributed by atoms with van der Waals surface area (Å²) in [7, 11) is 0. The van der Waals surface area contributed by atoms with Gasteiger partial charge in [-0.25, -0.2) is 9.37 Å². The smallest absolute Gasteiger partial charge is 0.160 e. The molecule has 0 spiro atoms. The predicted molar refractivity (Wildman–Crippen MR) is 117 cm³/mol. The maximum absolute atomic E-state index is 13.8. The van der Waals surface area contributed by atoms with Gasteiger partial charge in [0.1, 0.15) is 11.3 Å². The van der Waals surface area contributed by atoms with Crippen molar-refractivity contribution in [1.82, 2.24) is 9.88 Å². The molecule has 1 N–H and O–H groups in total. The van der Waals surface area contributed by atoms with E-state index in [-0.39, 0.29) is 16.6 Å². The lowest BCUT2D eigenvalue weighted by Crippen LogP contribution is -2.28. The standard InChI is InChI=1S/C23H19Cl2FN2O/c24-19-13-20(25)23(29)22-18(19)8-7-17(27-22)6-5-15-9-11-28(12-10-15)14-16-3-1-2-4-21(16)26/h1-9,13,29H,10-12,14H2/b6-5+. The number of halogens is 3. The van der Waals surface area contributed by atoms with Gasteiger partial charge in [-0.2, -0.15) is 0 Å². The average molecular weight is 429 g/mol. The topological polar surface area (TPSA) is 36.4 Å². The third-order valence-corrected chi connectivity index (χ3v) is 5.63. The van der Waals surface area contributed by atoms with Crippen molar-refractivity contribution in [2.24, 2.45) is 0 Å². The SMILES string of the molecule is Oc1c(Cl)cc(Cl)c2ccc(/C=C/C3=CCN(Cc4ccccc4F)CC3)nc12. The Morgan fingerprint density at radius 1 is 1.10 bits per heavy atom. The molecule has 0 saturated heterocycles. The van der Waals surface area contributed by atoms with Gasteiger partial charge in [-0.1, -0.05) is 53.6 Å². The molecule has 0 saturated carbocycles. The molecular weight excluding hydrogens is 410 g/mol. The molecule has 2 heterocycles. The quantitative estimate of drug-likeness (QED) is 0.534. The first-order valence-corrected chi connectivity index (χ1v) is 10.1. The maximum Gasteiger partial charge on any atom is 0.160 e. The first-order valence-electron chi connectivity index (χ1n) is 9.32. The first kappa shape index (κ1) is 19.9. The van der Waals surface area contributed by atoms with Crippen molar-refractivity contribution in [3.05, 3.63) is 87.3 Å². The minimum Gasteiger partial charge on any atom is -0.504 e. The number of phenols is 1. The van der Waals surface area contributed by atoms with Crippen LogP contribution in [0.15, 0.2) is 60.2 Å². The van der Waals surface area contributed by atoms with Crippen LogP contribution in [-0.2, 0) is 6.54 Å². The highest BCUT2D eigenvalue weighted by Crippen LogP contribution is 2.36. The van der Waals surface area contributed by atoms with E-state index in [2.05, 4.69) is 16.0 Å². The fourth-order valence-electron chi connectivity index (χ4n) is 3.39. The zero-order valence-electron chi connectivity index (χ0n) is 15.6. The molecule has 4 rings (SSSR count). The minimum absolute atomic E-state index is 0.0676. The molecule has 1 aromatic heterocycles. The van der Waals surface area contributed by atoms with Gasteiger partial charge in [0.15, 0.2) is 5.75 Å². The van der Waals surface area contributed by atoms with Crippen LogP contribution >= 0.6 is 23.2 Å². The molecule has 2 aromatic carbocycles. The molecule has 0 atom stereocenters. The Bertz CT molecular complexity index is 1130. The summed E-state index contributed by atoms with van der Waals surface area (Å²) in [5.41, 5.74) is 3.02. The number of rotatable bonds is 4. The Labute approximate surface area is 178 Å². The molecule has 6 heteroatoms. The fourth-order valence-corrected chi connectivity index (χ4v) is 3.91. The van der Waals surface area contributed by atoms with Crippen molar-refractivity contribution < 1.29 is 9.50 Å². The zero-order chi connectivity index (χ0) is 20.4. The second-order valence-electron chi connectivity index (χ2n) is 7.01. The number of aromatic nitrogens is 1. The Morgan fingerprint density at radius 2 is 1.93 bits per heavy atom. The number of fused-ring (bicyclic) bond motifs is 1. The van der Waals surface area contributed by atoms with Crippen molar-refractivity contribution >= 4 is 40.2 Å². The highest BCUT2D eigenvalue weighted by molar-refractivity contribution is 6.39. The predicted octanol–water partition coefficient (Wildman–Crippen LogP) is 6.23. The van der Waals surface area contributed by atoms with Crippen LogP contribution < -0.4 is 0 Å². The Morgan fingerprint density at radius 3 is 2.69 bits per heavy atom. The highest BCUT2D eigenvalue weighted by Gasteiger charge is 2.13. The van der Waals surface area contributed by atoms with E-state index >= 15 is 0 Å². The minimum atomic E-state index is -0.159. The average Bonchev–Trinajstić information content (AvgIpc) is 2.73. The van der Waals surface area contributed by atoms with Crippen molar-refractivity contribution in [3.63, 3.8) is 0 Å². The van der Waals surface area contributed by atoms with Gasteiger partial charge in [0, 0.05) is 30.6 Å². The summed E-state index contributed by atoms with van der Waals surface area (Å²) in [4.78, 5) is 6.69. The molecule has 148 valence electrons. The maximum atomic E-state index is 13.8. The van der Waals surface area contributed by atoms with Crippen LogP contribution in [0.1, 0.15) is 17.7 Å². The number of aromatic hydroxyl groups is 1. The van der Waals surface area contributed by atoms with Crippen LogP contribution in [-0.4, -0.2) is 28.1 Å². The van der Waals surface area contributed by atoms with Crippen molar-refractivity contribution in [3.8, 4) is 5.75 Å². The van der Waals surface area contributed by atoms with Crippen LogP contribution in [0.2, 0.25) is 10.0 Å². The molecule has 29 heavy (non-hydrogen) atoms. The van der Waals surface area contributed by atoms with E-state index in [0.717, 1.165) is 25.1 Å². The van der Waals surface area contributed by atoms with Gasteiger partial charge in [-0.3, -0.25) is 4.90 Å². The Kier molecular flexibility index (Phi) is 5.86. The monoisotopic (exact) mass is 428 g/mol. The van der Waals surface area contributed by atoms with Crippen molar-refractivity contribution in [2.45, 2.75) is 13.0 Å². The molecule has 0 fully saturated rings. The zero-order valence-corrected chi connectivity index (χ0v) is 17.1. The molecule has 0 radical (unpaired) electrons. The molecule has 1 aliphatic heterocycles. The number of hydrogen-bond donors (Lipinski definition) is 1. The summed E-state index contributed by atoms with van der Waals surface area (Å²) in [5, 5.41) is 11.5. The normalized spacial score (nSPS) is 15.2. The van der Waals surface area contributed by atoms with Crippen LogP contribution in [0.3, 0.4) is 0 Å². The van der Waals surface area contributed by atoms with Gasteiger partial charge in [-0.05, 0) is 42.3 Å². The second kappa shape index (κ2) is 8.54. The van der Waals surface area contributed by atoms with E-state index in [9.17, 15) is 9.50 Å². The first-order chi connectivity index (χ1) is 14.0. The molecular formula is C23H19Cl2FN2O. The molecule has 0 unspecified atom stereocenters.